The molecule has 12 aliphatic rings. The first kappa shape index (κ1) is 45.0. The average Bonchev–Trinajstić information content (AvgIpc) is 3.38. The first-order valence-corrected chi connectivity index (χ1v) is 30.7. The van der Waals surface area contributed by atoms with Gasteiger partial charge in [0.1, 0.15) is 0 Å². The van der Waals surface area contributed by atoms with Gasteiger partial charge in [-0.05, 0) is 274 Å². The predicted octanol–water partition coefficient (Wildman–Crippen LogP) is 13.3. The van der Waals surface area contributed by atoms with E-state index in [1.165, 1.54) is 116 Å². The van der Waals surface area contributed by atoms with Crippen molar-refractivity contribution in [2.75, 3.05) is 26.2 Å². The molecule has 362 valence electrons. The van der Waals surface area contributed by atoms with E-state index in [4.69, 9.17) is 0 Å². The van der Waals surface area contributed by atoms with E-state index in [9.17, 15) is 0 Å². The zero-order valence-electron chi connectivity index (χ0n) is 41.6. The maximum Gasteiger partial charge on any atom is 0.00955 e. The minimum atomic E-state index is 0.817. The summed E-state index contributed by atoms with van der Waals surface area (Å²) < 4.78 is 0. The van der Waals surface area contributed by atoms with Gasteiger partial charge in [0.15, 0.2) is 0 Å². The molecule has 8 saturated carbocycles. The fraction of sp³-hybridized carbons (Fsp3) is 1.00. The maximum atomic E-state index is 4.19. The Morgan fingerprint density at radius 2 is 0.391 bits per heavy atom. The zero-order valence-corrected chi connectivity index (χ0v) is 41.6. The number of hydrogen-bond acceptors (Lipinski definition) is 4. The second-order valence-corrected chi connectivity index (χ2v) is 27.0. The lowest BCUT2D eigenvalue weighted by Crippen LogP contribution is -2.60. The van der Waals surface area contributed by atoms with E-state index in [0.717, 1.165) is 131 Å². The first-order chi connectivity index (χ1) is 31.8. The van der Waals surface area contributed by atoms with E-state index >= 15 is 0 Å². The molecule has 8 aliphatic carbocycles. The summed E-state index contributed by atoms with van der Waals surface area (Å²) in [5.74, 6) is 18.6. The van der Waals surface area contributed by atoms with Crippen LogP contribution >= 0.6 is 0 Å². The molecule has 0 aromatic rings. The normalized spacial score (nSPS) is 52.9. The highest BCUT2D eigenvalue weighted by Gasteiger charge is 2.62. The summed E-state index contributed by atoms with van der Waals surface area (Å²) in [6, 6.07) is 3.27. The average molecular weight is 880 g/mol. The molecular formula is C60H102N4. The molecule has 0 bridgehead atoms. The molecule has 16 unspecified atom stereocenters. The molecule has 12 fully saturated rings. The Morgan fingerprint density at radius 3 is 0.609 bits per heavy atom. The molecule has 12 rings (SSSR count). The van der Waals surface area contributed by atoms with Crippen LogP contribution in [0.5, 0.6) is 0 Å². The van der Waals surface area contributed by atoms with Crippen molar-refractivity contribution >= 4 is 0 Å². The molecule has 0 amide bonds. The van der Waals surface area contributed by atoms with Crippen LogP contribution in [0.1, 0.15) is 218 Å². The third-order valence-corrected chi connectivity index (χ3v) is 24.3. The van der Waals surface area contributed by atoms with Crippen LogP contribution in [0.2, 0.25) is 0 Å². The van der Waals surface area contributed by atoms with Gasteiger partial charge in [0.05, 0.1) is 0 Å². The lowest BCUT2D eigenvalue weighted by molar-refractivity contribution is -0.177. The molecule has 64 heavy (non-hydrogen) atoms. The van der Waals surface area contributed by atoms with E-state index in [-0.39, 0.29) is 0 Å². The summed E-state index contributed by atoms with van der Waals surface area (Å²) in [6.07, 6.45) is 52.5. The Hall–Kier alpha value is -0.160. The quantitative estimate of drug-likeness (QED) is 0.206. The monoisotopic (exact) mass is 879 g/mol. The highest BCUT2D eigenvalue weighted by Crippen LogP contribution is 2.69. The van der Waals surface area contributed by atoms with E-state index in [1.807, 2.05) is 0 Å². The zero-order chi connectivity index (χ0) is 42.4. The Kier molecular flexibility index (Phi) is 14.5. The van der Waals surface area contributed by atoms with Gasteiger partial charge in [0.25, 0.3) is 0 Å². The van der Waals surface area contributed by atoms with Gasteiger partial charge in [-0.3, -0.25) is 0 Å². The van der Waals surface area contributed by atoms with E-state index in [2.05, 4.69) is 21.3 Å². The summed E-state index contributed by atoms with van der Waals surface area (Å²) in [5.41, 5.74) is 0. The van der Waals surface area contributed by atoms with Crippen LogP contribution in [-0.4, -0.2) is 50.3 Å². The topological polar surface area (TPSA) is 48.1 Å². The Labute approximate surface area is 394 Å². The molecule has 4 N–H and O–H groups in total. The molecule has 4 saturated heterocycles. The van der Waals surface area contributed by atoms with Crippen molar-refractivity contribution in [3.05, 3.63) is 0 Å². The number of hydrogen-bond donors (Lipinski definition) is 4. The molecule has 4 heteroatoms. The van der Waals surface area contributed by atoms with Gasteiger partial charge >= 0.3 is 0 Å². The van der Waals surface area contributed by atoms with Gasteiger partial charge in [0.2, 0.25) is 0 Å². The second-order valence-electron chi connectivity index (χ2n) is 27.0. The molecule has 0 aromatic heterocycles. The minimum absolute atomic E-state index is 0.817. The summed E-state index contributed by atoms with van der Waals surface area (Å²) in [5, 5.41) is 16.8. The number of piperidine rings is 4. The van der Waals surface area contributed by atoms with Gasteiger partial charge in [-0.25, -0.2) is 0 Å². The third-order valence-electron chi connectivity index (χ3n) is 24.3. The molecular weight excluding hydrogens is 777 g/mol. The van der Waals surface area contributed by atoms with Crippen molar-refractivity contribution in [1.82, 2.24) is 21.3 Å². The minimum Gasteiger partial charge on any atom is -0.314 e. The van der Waals surface area contributed by atoms with Crippen molar-refractivity contribution in [2.24, 2.45) is 107 Å². The van der Waals surface area contributed by atoms with Crippen molar-refractivity contribution < 1.29 is 0 Å². The molecule has 0 radical (unpaired) electrons. The van der Waals surface area contributed by atoms with Crippen LogP contribution in [0.3, 0.4) is 0 Å². The van der Waals surface area contributed by atoms with Crippen molar-refractivity contribution in [3.63, 3.8) is 0 Å². The van der Waals surface area contributed by atoms with Gasteiger partial charge < -0.3 is 21.3 Å². The van der Waals surface area contributed by atoms with Crippen molar-refractivity contribution in [2.45, 2.75) is 242 Å². The highest BCUT2D eigenvalue weighted by molar-refractivity contribution is 5.11. The van der Waals surface area contributed by atoms with Crippen LogP contribution in [0.25, 0.3) is 0 Å². The van der Waals surface area contributed by atoms with E-state index < -0.39 is 0 Å². The highest BCUT2D eigenvalue weighted by atomic mass is 15.0. The molecule has 0 spiro atoms. The Balaban J connectivity index is 0.868. The van der Waals surface area contributed by atoms with Crippen molar-refractivity contribution in [3.8, 4) is 0 Å². The van der Waals surface area contributed by atoms with E-state index in [1.54, 1.807) is 128 Å². The van der Waals surface area contributed by atoms with Crippen molar-refractivity contribution in [1.29, 1.82) is 0 Å². The molecule has 4 aliphatic heterocycles. The van der Waals surface area contributed by atoms with Crippen LogP contribution < -0.4 is 21.3 Å². The lowest BCUT2D eigenvalue weighted by atomic mass is 9.39. The first-order valence-electron chi connectivity index (χ1n) is 30.7. The van der Waals surface area contributed by atoms with Crippen LogP contribution in [-0.2, 0) is 0 Å². The standard InChI is InChI=1S/C60H102N4/c1-5-21-49-45(17-1)57(43-35-39(53-25-9-13-29-61-53)33-40(36-43)54-26-10-14-30-62-54)46-18-2-6-22-50(46)59(49)60-51-23-7-3-19-47(51)58(48-20-4-8-24-52(48)60)44-37-41(55-27-11-15-31-63-55)34-42(38-44)56-28-12-16-32-64-56/h39-64H,1-38H2. The predicted molar refractivity (Wildman–Crippen MR) is 267 cm³/mol. The molecule has 4 nitrogen and oxygen atoms in total. The fourth-order valence-electron chi connectivity index (χ4n) is 22.4. The smallest absolute Gasteiger partial charge is 0.00955 e. The van der Waals surface area contributed by atoms with Gasteiger partial charge in [-0.1, -0.05) is 77.0 Å². The van der Waals surface area contributed by atoms with Gasteiger partial charge in [0, 0.05) is 24.2 Å². The van der Waals surface area contributed by atoms with Gasteiger partial charge in [-0.2, -0.15) is 0 Å². The maximum absolute atomic E-state index is 4.19. The largest absolute Gasteiger partial charge is 0.314 e. The summed E-state index contributed by atoms with van der Waals surface area (Å²) in [6.45, 7) is 5.18. The van der Waals surface area contributed by atoms with Gasteiger partial charge in [-0.15, -0.1) is 0 Å². The number of fused-ring (bicyclic) bond motifs is 4. The SMILES string of the molecule is C1CCC(C2CC(C3CCCCN3)CC(C3C4CCCCC4C(C4C5CCCCC5C(C5CC(C6CCCCN6)CC(C6CCCCN6)C5)C5CCCCC54)C4CCCCC43)C2)NC1. The van der Waals surface area contributed by atoms with Crippen LogP contribution in [0.4, 0.5) is 0 Å². The molecule has 16 atom stereocenters. The summed E-state index contributed by atoms with van der Waals surface area (Å²) >= 11 is 0. The van der Waals surface area contributed by atoms with Crippen LogP contribution in [0, 0.1) is 107 Å². The summed E-state index contributed by atoms with van der Waals surface area (Å²) in [7, 11) is 0. The Bertz CT molecular complexity index is 1250. The fourth-order valence-corrected chi connectivity index (χ4v) is 22.4. The van der Waals surface area contributed by atoms with Crippen LogP contribution in [0.15, 0.2) is 0 Å². The van der Waals surface area contributed by atoms with E-state index in [0.29, 0.717) is 0 Å². The lowest BCUT2D eigenvalue weighted by Gasteiger charge is -2.66. The number of nitrogens with one attached hydrogen (secondary N) is 4. The molecule has 4 heterocycles. The summed E-state index contributed by atoms with van der Waals surface area (Å²) in [4.78, 5) is 0. The molecule has 0 aromatic carbocycles. The Morgan fingerprint density at radius 1 is 0.188 bits per heavy atom. The second kappa shape index (κ2) is 20.7. The third kappa shape index (κ3) is 8.96. The number of rotatable bonds is 7.